The summed E-state index contributed by atoms with van der Waals surface area (Å²) in [6.07, 6.45) is 8.87. The van der Waals surface area contributed by atoms with Gasteiger partial charge in [0.25, 0.3) is 0 Å². The molecule has 0 aromatic rings. The maximum Gasteiger partial charge on any atom is -0.0180 e. The fraction of sp³-hybridized carbons (Fsp3) is 0.833. The molecule has 0 nitrogen and oxygen atoms in total. The van der Waals surface area contributed by atoms with Gasteiger partial charge in [-0.05, 0) is 36.5 Å². The summed E-state index contributed by atoms with van der Waals surface area (Å²) in [7, 11) is 0. The summed E-state index contributed by atoms with van der Waals surface area (Å²) in [4.78, 5) is 0. The zero-order valence-electron chi connectivity index (χ0n) is 8.93. The summed E-state index contributed by atoms with van der Waals surface area (Å²) < 4.78 is 0. The first-order valence-electron chi connectivity index (χ1n) is 5.22. The molecule has 0 aromatic heterocycles. The Morgan fingerprint density at radius 1 is 1.33 bits per heavy atom. The summed E-state index contributed by atoms with van der Waals surface area (Å²) in [6, 6.07) is 0. The lowest BCUT2D eigenvalue weighted by Gasteiger charge is -2.37. The highest BCUT2D eigenvalue weighted by atomic mass is 14.4. The molecule has 0 N–H and O–H groups in total. The van der Waals surface area contributed by atoms with E-state index in [1.165, 1.54) is 19.3 Å². The summed E-state index contributed by atoms with van der Waals surface area (Å²) in [5.41, 5.74) is 0.483. The SMILES string of the molecule is CC(C)C(C)(C)C1C=CCCC1. The van der Waals surface area contributed by atoms with Crippen LogP contribution in [0.1, 0.15) is 47.0 Å². The Labute approximate surface area is 77.1 Å². The molecular formula is C12H22. The molecule has 0 heterocycles. The van der Waals surface area contributed by atoms with E-state index in [1.54, 1.807) is 0 Å². The van der Waals surface area contributed by atoms with Crippen LogP contribution in [-0.4, -0.2) is 0 Å². The highest BCUT2D eigenvalue weighted by Gasteiger charge is 2.30. The van der Waals surface area contributed by atoms with Crippen molar-refractivity contribution < 1.29 is 0 Å². The Bertz CT molecular complexity index is 163. The van der Waals surface area contributed by atoms with E-state index >= 15 is 0 Å². The molecule has 0 heteroatoms. The van der Waals surface area contributed by atoms with Crippen LogP contribution in [0.5, 0.6) is 0 Å². The molecule has 0 aliphatic heterocycles. The van der Waals surface area contributed by atoms with E-state index in [0.717, 1.165) is 11.8 Å². The molecule has 0 fully saturated rings. The van der Waals surface area contributed by atoms with E-state index in [9.17, 15) is 0 Å². The second-order valence-electron chi connectivity index (χ2n) is 4.94. The maximum atomic E-state index is 2.43. The van der Waals surface area contributed by atoms with Crippen molar-refractivity contribution in [2.75, 3.05) is 0 Å². The lowest BCUT2D eigenvalue weighted by molar-refractivity contribution is 0.159. The first-order valence-corrected chi connectivity index (χ1v) is 5.22. The molecule has 70 valence electrons. The Kier molecular flexibility index (Phi) is 2.98. The minimum atomic E-state index is 0.483. The van der Waals surface area contributed by atoms with Crippen LogP contribution in [0.3, 0.4) is 0 Å². The molecule has 0 saturated carbocycles. The predicted octanol–water partition coefficient (Wildman–Crippen LogP) is 4.02. The average molecular weight is 166 g/mol. The van der Waals surface area contributed by atoms with Crippen LogP contribution >= 0.6 is 0 Å². The number of hydrogen-bond donors (Lipinski definition) is 0. The van der Waals surface area contributed by atoms with Gasteiger partial charge in [-0.2, -0.15) is 0 Å². The Morgan fingerprint density at radius 2 is 2.00 bits per heavy atom. The summed E-state index contributed by atoms with van der Waals surface area (Å²) in [5.74, 6) is 1.59. The third-order valence-corrected chi connectivity index (χ3v) is 3.70. The highest BCUT2D eigenvalue weighted by Crippen LogP contribution is 2.40. The van der Waals surface area contributed by atoms with Crippen molar-refractivity contribution >= 4 is 0 Å². The number of rotatable bonds is 2. The van der Waals surface area contributed by atoms with Crippen molar-refractivity contribution in [2.45, 2.75) is 47.0 Å². The van der Waals surface area contributed by atoms with Gasteiger partial charge in [-0.25, -0.2) is 0 Å². The van der Waals surface area contributed by atoms with Crippen molar-refractivity contribution in [1.82, 2.24) is 0 Å². The van der Waals surface area contributed by atoms with Crippen molar-refractivity contribution in [1.29, 1.82) is 0 Å². The molecule has 1 atom stereocenters. The van der Waals surface area contributed by atoms with Crippen molar-refractivity contribution in [2.24, 2.45) is 17.3 Å². The van der Waals surface area contributed by atoms with Gasteiger partial charge in [0.05, 0.1) is 0 Å². The molecular weight excluding hydrogens is 144 g/mol. The van der Waals surface area contributed by atoms with Crippen molar-refractivity contribution in [3.8, 4) is 0 Å². The Hall–Kier alpha value is -0.260. The van der Waals surface area contributed by atoms with E-state index in [2.05, 4.69) is 39.8 Å². The lowest BCUT2D eigenvalue weighted by atomic mass is 9.68. The topological polar surface area (TPSA) is 0 Å². The molecule has 1 aliphatic carbocycles. The van der Waals surface area contributed by atoms with Crippen LogP contribution in [0.25, 0.3) is 0 Å². The third-order valence-electron chi connectivity index (χ3n) is 3.70. The third kappa shape index (κ3) is 1.91. The smallest absolute Gasteiger partial charge is 0.0180 e. The van der Waals surface area contributed by atoms with Crippen molar-refractivity contribution in [3.63, 3.8) is 0 Å². The maximum absolute atomic E-state index is 2.43. The minimum absolute atomic E-state index is 0.483. The average Bonchev–Trinajstić information content (AvgIpc) is 2.06. The fourth-order valence-electron chi connectivity index (χ4n) is 1.86. The molecule has 0 saturated heterocycles. The molecule has 12 heavy (non-hydrogen) atoms. The first kappa shape index (κ1) is 9.83. The molecule has 0 radical (unpaired) electrons. The number of allylic oxidation sites excluding steroid dienone is 2. The molecule has 1 aliphatic rings. The largest absolute Gasteiger partial charge is 0.0882 e. The highest BCUT2D eigenvalue weighted by molar-refractivity contribution is 4.99. The zero-order chi connectivity index (χ0) is 9.19. The van der Waals surface area contributed by atoms with Crippen molar-refractivity contribution in [3.05, 3.63) is 12.2 Å². The fourth-order valence-corrected chi connectivity index (χ4v) is 1.86. The van der Waals surface area contributed by atoms with Crippen LogP contribution in [0.15, 0.2) is 12.2 Å². The van der Waals surface area contributed by atoms with Gasteiger partial charge in [-0.1, -0.05) is 39.8 Å². The summed E-state index contributed by atoms with van der Waals surface area (Å²) in [5, 5.41) is 0. The van der Waals surface area contributed by atoms with E-state index in [-0.39, 0.29) is 0 Å². The molecule has 0 aromatic carbocycles. The quantitative estimate of drug-likeness (QED) is 0.543. The minimum Gasteiger partial charge on any atom is -0.0882 e. The molecule has 0 spiro atoms. The van der Waals surface area contributed by atoms with E-state index < -0.39 is 0 Å². The molecule has 0 amide bonds. The monoisotopic (exact) mass is 166 g/mol. The van der Waals surface area contributed by atoms with Crippen LogP contribution in [-0.2, 0) is 0 Å². The standard InChI is InChI=1S/C12H22/c1-10(2)12(3,4)11-8-6-5-7-9-11/h6,8,10-11H,5,7,9H2,1-4H3. The Balaban J connectivity index is 2.66. The van der Waals surface area contributed by atoms with Gasteiger partial charge in [0.2, 0.25) is 0 Å². The summed E-state index contributed by atoms with van der Waals surface area (Å²) in [6.45, 7) is 9.47. The van der Waals surface area contributed by atoms with Crippen LogP contribution < -0.4 is 0 Å². The van der Waals surface area contributed by atoms with Gasteiger partial charge in [0.15, 0.2) is 0 Å². The predicted molar refractivity (Wildman–Crippen MR) is 55.1 cm³/mol. The van der Waals surface area contributed by atoms with E-state index in [0.29, 0.717) is 5.41 Å². The molecule has 1 rings (SSSR count). The van der Waals surface area contributed by atoms with Gasteiger partial charge < -0.3 is 0 Å². The second-order valence-corrected chi connectivity index (χ2v) is 4.94. The number of hydrogen-bond acceptors (Lipinski definition) is 0. The Morgan fingerprint density at radius 3 is 2.42 bits per heavy atom. The lowest BCUT2D eigenvalue weighted by Crippen LogP contribution is -2.29. The van der Waals surface area contributed by atoms with Gasteiger partial charge >= 0.3 is 0 Å². The van der Waals surface area contributed by atoms with Crippen LogP contribution in [0.4, 0.5) is 0 Å². The molecule has 1 unspecified atom stereocenters. The summed E-state index contributed by atoms with van der Waals surface area (Å²) >= 11 is 0. The molecule has 0 bridgehead atoms. The van der Waals surface area contributed by atoms with Gasteiger partial charge in [0.1, 0.15) is 0 Å². The second kappa shape index (κ2) is 3.64. The van der Waals surface area contributed by atoms with Gasteiger partial charge in [-0.3, -0.25) is 0 Å². The van der Waals surface area contributed by atoms with E-state index in [1.807, 2.05) is 0 Å². The van der Waals surface area contributed by atoms with Gasteiger partial charge in [0, 0.05) is 0 Å². The van der Waals surface area contributed by atoms with Crippen LogP contribution in [0, 0.1) is 17.3 Å². The van der Waals surface area contributed by atoms with E-state index in [4.69, 9.17) is 0 Å². The zero-order valence-corrected chi connectivity index (χ0v) is 8.93. The first-order chi connectivity index (χ1) is 5.55. The van der Waals surface area contributed by atoms with Crippen LogP contribution in [0.2, 0.25) is 0 Å². The normalized spacial score (nSPS) is 24.9. The van der Waals surface area contributed by atoms with Gasteiger partial charge in [-0.15, -0.1) is 0 Å².